The van der Waals surface area contributed by atoms with Gasteiger partial charge in [-0.1, -0.05) is 18.2 Å². The number of carbonyl (C=O) groups is 1. The van der Waals surface area contributed by atoms with Gasteiger partial charge in [0, 0.05) is 36.1 Å². The lowest BCUT2D eigenvalue weighted by Crippen LogP contribution is -2.20. The number of hydrogen-bond acceptors (Lipinski definition) is 4. The number of fused-ring (bicyclic) bond motifs is 1. The maximum Gasteiger partial charge on any atom is 0.417 e. The van der Waals surface area contributed by atoms with Gasteiger partial charge in [0.15, 0.2) is 11.6 Å². The number of alkyl halides is 3. The largest absolute Gasteiger partial charge is 0.417 e. The molecule has 32 heavy (non-hydrogen) atoms. The fraction of sp³-hybridized carbons (Fsp3) is 0.217. The second-order valence-electron chi connectivity index (χ2n) is 7.85. The number of halogens is 3. The predicted octanol–water partition coefficient (Wildman–Crippen LogP) is 4.38. The van der Waals surface area contributed by atoms with E-state index in [9.17, 15) is 23.1 Å². The Morgan fingerprint density at radius 3 is 2.72 bits per heavy atom. The average Bonchev–Trinajstić information content (AvgIpc) is 3.51. The molecule has 1 aliphatic heterocycles. The van der Waals surface area contributed by atoms with Crippen molar-refractivity contribution in [1.29, 1.82) is 0 Å². The lowest BCUT2D eigenvalue weighted by atomic mass is 9.99. The maximum absolute atomic E-state index is 13.3. The van der Waals surface area contributed by atoms with Crippen molar-refractivity contribution in [2.45, 2.75) is 18.7 Å². The van der Waals surface area contributed by atoms with Crippen LogP contribution in [0.15, 0.2) is 54.7 Å². The Kier molecular flexibility index (Phi) is 4.78. The molecule has 1 fully saturated rings. The van der Waals surface area contributed by atoms with Crippen LogP contribution in [0.5, 0.6) is 0 Å². The van der Waals surface area contributed by atoms with Crippen molar-refractivity contribution >= 4 is 22.5 Å². The zero-order valence-corrected chi connectivity index (χ0v) is 16.8. The SMILES string of the molecule is O=C(c1c[nH]c(-c2nc3ccc(N4CC[C@@H](O)C4)cc3[nH]2)c1)c1ccccc1C(F)(F)F. The van der Waals surface area contributed by atoms with Gasteiger partial charge < -0.3 is 20.0 Å². The zero-order chi connectivity index (χ0) is 22.5. The summed E-state index contributed by atoms with van der Waals surface area (Å²) in [5.74, 6) is -0.242. The number of β-amino-alcohol motifs (C(OH)–C–C–N with tert-alkyl or cyclic N) is 1. The molecule has 4 aromatic rings. The number of nitrogens with one attached hydrogen (secondary N) is 2. The highest BCUT2D eigenvalue weighted by molar-refractivity contribution is 6.10. The highest BCUT2D eigenvalue weighted by Crippen LogP contribution is 2.33. The van der Waals surface area contributed by atoms with Gasteiger partial charge in [-0.15, -0.1) is 0 Å². The number of aromatic amines is 2. The number of nitrogens with zero attached hydrogens (tertiary/aromatic N) is 2. The quantitative estimate of drug-likeness (QED) is 0.411. The maximum atomic E-state index is 13.3. The van der Waals surface area contributed by atoms with Gasteiger partial charge in [-0.2, -0.15) is 13.2 Å². The highest BCUT2D eigenvalue weighted by atomic mass is 19.4. The molecular formula is C23H19F3N4O2. The zero-order valence-electron chi connectivity index (χ0n) is 16.8. The van der Waals surface area contributed by atoms with Crippen LogP contribution in [0.25, 0.3) is 22.6 Å². The molecule has 0 aliphatic carbocycles. The Morgan fingerprint density at radius 1 is 1.16 bits per heavy atom. The van der Waals surface area contributed by atoms with E-state index < -0.39 is 23.1 Å². The predicted molar refractivity (Wildman–Crippen MR) is 114 cm³/mol. The van der Waals surface area contributed by atoms with E-state index in [0.717, 1.165) is 30.2 Å². The molecule has 1 saturated heterocycles. The van der Waals surface area contributed by atoms with Crippen LogP contribution >= 0.6 is 0 Å². The highest BCUT2D eigenvalue weighted by Gasteiger charge is 2.35. The normalized spacial score (nSPS) is 16.8. The number of carbonyl (C=O) groups excluding carboxylic acids is 1. The molecule has 0 amide bonds. The number of ketones is 1. The molecular weight excluding hydrogens is 421 g/mol. The van der Waals surface area contributed by atoms with Crippen LogP contribution in [-0.4, -0.2) is 45.0 Å². The first-order valence-electron chi connectivity index (χ1n) is 10.1. The average molecular weight is 440 g/mol. The number of imidazole rings is 1. The summed E-state index contributed by atoms with van der Waals surface area (Å²) >= 11 is 0. The van der Waals surface area contributed by atoms with E-state index >= 15 is 0 Å². The second kappa shape index (κ2) is 7.52. The molecule has 5 rings (SSSR count). The van der Waals surface area contributed by atoms with E-state index in [0.29, 0.717) is 23.6 Å². The van der Waals surface area contributed by atoms with Crippen molar-refractivity contribution < 1.29 is 23.1 Å². The molecule has 3 N–H and O–H groups in total. The number of H-pyrrole nitrogens is 2. The molecule has 2 aromatic heterocycles. The Hall–Kier alpha value is -3.59. The summed E-state index contributed by atoms with van der Waals surface area (Å²) in [6.07, 6.45) is -2.84. The van der Waals surface area contributed by atoms with Crippen LogP contribution in [-0.2, 0) is 6.18 Å². The monoisotopic (exact) mass is 440 g/mol. The topological polar surface area (TPSA) is 85.0 Å². The lowest BCUT2D eigenvalue weighted by Gasteiger charge is -2.17. The molecule has 0 bridgehead atoms. The molecule has 0 unspecified atom stereocenters. The first-order chi connectivity index (χ1) is 15.3. The number of benzene rings is 2. The van der Waals surface area contributed by atoms with E-state index in [1.54, 1.807) is 0 Å². The Balaban J connectivity index is 1.44. The standard InChI is InChI=1S/C23H19F3N4O2/c24-23(25,26)17-4-2-1-3-16(17)21(32)13-9-20(27-11-13)22-28-18-6-5-14(10-19(18)29-22)30-8-7-15(31)12-30/h1-6,9-11,15,27,31H,7-8,12H2,(H,28,29)/t15-/m1/s1. The van der Waals surface area contributed by atoms with Crippen molar-refractivity contribution in [3.8, 4) is 11.5 Å². The van der Waals surface area contributed by atoms with Crippen molar-refractivity contribution in [3.05, 3.63) is 71.4 Å². The lowest BCUT2D eigenvalue weighted by molar-refractivity contribution is -0.137. The first-order valence-corrected chi connectivity index (χ1v) is 10.1. The summed E-state index contributed by atoms with van der Waals surface area (Å²) < 4.78 is 39.9. The number of hydrogen-bond donors (Lipinski definition) is 3. The minimum atomic E-state index is -4.62. The van der Waals surface area contributed by atoms with Gasteiger partial charge in [-0.25, -0.2) is 4.98 Å². The molecule has 2 aromatic carbocycles. The van der Waals surface area contributed by atoms with Gasteiger partial charge in [-0.05, 0) is 36.8 Å². The first kappa shape index (κ1) is 20.3. The van der Waals surface area contributed by atoms with Crippen LogP contribution < -0.4 is 4.90 Å². The smallest absolute Gasteiger partial charge is 0.391 e. The fourth-order valence-electron chi connectivity index (χ4n) is 4.04. The molecule has 3 heterocycles. The summed E-state index contributed by atoms with van der Waals surface area (Å²) in [6.45, 7) is 1.35. The molecule has 164 valence electrons. The van der Waals surface area contributed by atoms with Gasteiger partial charge >= 0.3 is 6.18 Å². The number of rotatable bonds is 4. The van der Waals surface area contributed by atoms with Crippen molar-refractivity contribution in [2.24, 2.45) is 0 Å². The van der Waals surface area contributed by atoms with Gasteiger partial charge in [0.05, 0.1) is 28.4 Å². The van der Waals surface area contributed by atoms with Crippen molar-refractivity contribution in [1.82, 2.24) is 15.0 Å². The van der Waals surface area contributed by atoms with Crippen LogP contribution in [0, 0.1) is 0 Å². The van der Waals surface area contributed by atoms with Crippen LogP contribution in [0.3, 0.4) is 0 Å². The number of aromatic nitrogens is 3. The Labute approximate surface area is 180 Å². The number of aliphatic hydroxyl groups excluding tert-OH is 1. The minimum Gasteiger partial charge on any atom is -0.391 e. The van der Waals surface area contributed by atoms with Crippen molar-refractivity contribution in [2.75, 3.05) is 18.0 Å². The molecule has 0 saturated carbocycles. The third-order valence-corrected chi connectivity index (χ3v) is 5.67. The Bertz CT molecular complexity index is 1310. The molecule has 1 aliphatic rings. The molecule has 0 radical (unpaired) electrons. The second-order valence-corrected chi connectivity index (χ2v) is 7.85. The van der Waals surface area contributed by atoms with Gasteiger partial charge in [0.25, 0.3) is 0 Å². The van der Waals surface area contributed by atoms with Gasteiger partial charge in [-0.3, -0.25) is 4.79 Å². The van der Waals surface area contributed by atoms with E-state index in [1.165, 1.54) is 30.5 Å². The fourth-order valence-corrected chi connectivity index (χ4v) is 4.04. The molecule has 0 spiro atoms. The van der Waals surface area contributed by atoms with Gasteiger partial charge in [0.2, 0.25) is 0 Å². The van der Waals surface area contributed by atoms with E-state index in [1.807, 2.05) is 18.2 Å². The number of anilines is 1. The summed E-state index contributed by atoms with van der Waals surface area (Å²) in [5, 5.41) is 9.76. The number of aliphatic hydroxyl groups is 1. The summed E-state index contributed by atoms with van der Waals surface area (Å²) in [6, 6.07) is 12.0. The third kappa shape index (κ3) is 3.64. The summed E-state index contributed by atoms with van der Waals surface area (Å²) in [5.41, 5.74) is 1.72. The van der Waals surface area contributed by atoms with Crippen molar-refractivity contribution in [3.63, 3.8) is 0 Å². The third-order valence-electron chi connectivity index (χ3n) is 5.67. The van der Waals surface area contributed by atoms with E-state index in [4.69, 9.17) is 0 Å². The van der Waals surface area contributed by atoms with Crippen LogP contribution in [0.2, 0.25) is 0 Å². The van der Waals surface area contributed by atoms with Crippen LogP contribution in [0.1, 0.15) is 27.9 Å². The van der Waals surface area contributed by atoms with E-state index in [2.05, 4.69) is 19.9 Å². The molecule has 9 heteroatoms. The summed E-state index contributed by atoms with van der Waals surface area (Å²) in [7, 11) is 0. The molecule has 6 nitrogen and oxygen atoms in total. The molecule has 1 atom stereocenters. The van der Waals surface area contributed by atoms with Gasteiger partial charge in [0.1, 0.15) is 0 Å². The minimum absolute atomic E-state index is 0.115. The Morgan fingerprint density at radius 2 is 1.97 bits per heavy atom. The van der Waals surface area contributed by atoms with E-state index in [-0.39, 0.29) is 11.7 Å². The van der Waals surface area contributed by atoms with Crippen LogP contribution in [0.4, 0.5) is 18.9 Å². The summed E-state index contributed by atoms with van der Waals surface area (Å²) in [4.78, 5) is 25.5.